The molecule has 0 aliphatic heterocycles. The summed E-state index contributed by atoms with van der Waals surface area (Å²) in [6, 6.07) is 14.5. The third-order valence-corrected chi connectivity index (χ3v) is 5.61. The minimum Gasteiger partial charge on any atom is -0.465 e. The Hall–Kier alpha value is -3.06. The van der Waals surface area contributed by atoms with Crippen LogP contribution in [0.15, 0.2) is 57.9 Å². The second-order valence-corrected chi connectivity index (χ2v) is 7.48. The van der Waals surface area contributed by atoms with E-state index in [2.05, 4.69) is 15.2 Å². The third-order valence-electron chi connectivity index (χ3n) is 4.51. The van der Waals surface area contributed by atoms with Crippen molar-refractivity contribution in [3.05, 3.63) is 82.2 Å². The maximum Gasteiger partial charge on any atom is 0.337 e. The Morgan fingerprint density at radius 1 is 1.10 bits per heavy atom. The number of nitrogens with zero attached hydrogens (tertiary/aromatic N) is 1. The third kappa shape index (κ3) is 5.06. The molecule has 0 atom stereocenters. The van der Waals surface area contributed by atoms with Crippen LogP contribution < -0.4 is 5.32 Å². The second kappa shape index (κ2) is 9.43. The van der Waals surface area contributed by atoms with Crippen molar-refractivity contribution in [2.45, 2.75) is 31.0 Å². The van der Waals surface area contributed by atoms with E-state index < -0.39 is 0 Å². The highest BCUT2D eigenvalue weighted by Crippen LogP contribution is 2.28. The molecule has 150 valence electrons. The number of rotatable bonds is 7. The number of amides is 1. The molecule has 0 radical (unpaired) electrons. The Kier molecular flexibility index (Phi) is 6.72. The lowest BCUT2D eigenvalue weighted by Crippen LogP contribution is -2.23. The molecule has 6 nitrogen and oxygen atoms in total. The lowest BCUT2D eigenvalue weighted by atomic mass is 10.1. The molecule has 3 aromatic rings. The summed E-state index contributed by atoms with van der Waals surface area (Å²) in [5.41, 5.74) is 3.91. The van der Waals surface area contributed by atoms with Crippen molar-refractivity contribution in [1.29, 1.82) is 0 Å². The molecule has 1 heterocycles. The minimum atomic E-state index is -0.384. The fourth-order valence-electron chi connectivity index (χ4n) is 2.79. The van der Waals surface area contributed by atoms with Crippen molar-refractivity contribution < 1.29 is 18.8 Å². The normalized spacial score (nSPS) is 10.6. The van der Waals surface area contributed by atoms with E-state index in [0.717, 1.165) is 27.5 Å². The van der Waals surface area contributed by atoms with Crippen molar-refractivity contribution in [3.8, 4) is 0 Å². The zero-order valence-electron chi connectivity index (χ0n) is 16.5. The van der Waals surface area contributed by atoms with Crippen LogP contribution in [0.3, 0.4) is 0 Å². The zero-order chi connectivity index (χ0) is 20.8. The SMILES string of the molecule is COC(=O)c1ccc(CNC(=O)c2ccccc2SCc2c(C)noc2C)cc1. The Bertz CT molecular complexity index is 992. The molecule has 0 saturated heterocycles. The number of methoxy groups -OCH3 is 1. The average molecular weight is 410 g/mol. The highest BCUT2D eigenvalue weighted by molar-refractivity contribution is 7.98. The molecule has 2 aromatic carbocycles. The Labute approximate surface area is 173 Å². The number of hydrogen-bond acceptors (Lipinski definition) is 6. The summed E-state index contributed by atoms with van der Waals surface area (Å²) in [6.45, 7) is 4.17. The maximum atomic E-state index is 12.7. The first-order valence-corrected chi connectivity index (χ1v) is 10.1. The van der Waals surface area contributed by atoms with Gasteiger partial charge in [0.05, 0.1) is 23.9 Å². The summed E-state index contributed by atoms with van der Waals surface area (Å²) in [5, 5.41) is 6.91. The van der Waals surface area contributed by atoms with Gasteiger partial charge in [0.15, 0.2) is 0 Å². The van der Waals surface area contributed by atoms with Crippen LogP contribution in [0.1, 0.15) is 43.3 Å². The molecule has 0 fully saturated rings. The van der Waals surface area contributed by atoms with Gasteiger partial charge in [-0.25, -0.2) is 4.79 Å². The van der Waals surface area contributed by atoms with Gasteiger partial charge >= 0.3 is 5.97 Å². The molecule has 0 bridgehead atoms. The number of nitrogens with one attached hydrogen (secondary N) is 1. The first-order valence-electron chi connectivity index (χ1n) is 9.08. The number of esters is 1. The van der Waals surface area contributed by atoms with Gasteiger partial charge in [0.25, 0.3) is 5.91 Å². The van der Waals surface area contributed by atoms with Crippen molar-refractivity contribution in [3.63, 3.8) is 0 Å². The molecule has 0 spiro atoms. The van der Waals surface area contributed by atoms with E-state index in [0.29, 0.717) is 23.4 Å². The monoisotopic (exact) mass is 410 g/mol. The smallest absolute Gasteiger partial charge is 0.337 e. The van der Waals surface area contributed by atoms with Gasteiger partial charge in [-0.3, -0.25) is 4.79 Å². The highest BCUT2D eigenvalue weighted by atomic mass is 32.2. The molecule has 0 saturated carbocycles. The molecule has 29 heavy (non-hydrogen) atoms. The van der Waals surface area contributed by atoms with E-state index in [1.165, 1.54) is 7.11 Å². The van der Waals surface area contributed by atoms with E-state index >= 15 is 0 Å². The summed E-state index contributed by atoms with van der Waals surface area (Å²) < 4.78 is 9.90. The van der Waals surface area contributed by atoms with Gasteiger partial charge in [0, 0.05) is 22.8 Å². The van der Waals surface area contributed by atoms with E-state index in [1.54, 1.807) is 36.0 Å². The fourth-order valence-corrected chi connectivity index (χ4v) is 4.00. The summed E-state index contributed by atoms with van der Waals surface area (Å²) in [4.78, 5) is 25.1. The number of benzene rings is 2. The van der Waals surface area contributed by atoms with Crippen molar-refractivity contribution in [2.24, 2.45) is 0 Å². The van der Waals surface area contributed by atoms with E-state index in [4.69, 9.17) is 4.52 Å². The van der Waals surface area contributed by atoms with Crippen LogP contribution in [-0.2, 0) is 17.0 Å². The number of carbonyl (C=O) groups excluding carboxylic acids is 2. The van der Waals surface area contributed by atoms with Crippen molar-refractivity contribution >= 4 is 23.6 Å². The molecule has 7 heteroatoms. The predicted molar refractivity (Wildman–Crippen MR) is 111 cm³/mol. The Balaban J connectivity index is 1.64. The number of aryl methyl sites for hydroxylation is 2. The molecule has 0 unspecified atom stereocenters. The Morgan fingerprint density at radius 3 is 2.48 bits per heavy atom. The second-order valence-electron chi connectivity index (χ2n) is 6.46. The number of aromatic nitrogens is 1. The largest absolute Gasteiger partial charge is 0.465 e. The van der Waals surface area contributed by atoms with Gasteiger partial charge in [-0.1, -0.05) is 29.4 Å². The molecule has 1 aromatic heterocycles. The molecular weight excluding hydrogens is 388 g/mol. The van der Waals surface area contributed by atoms with Gasteiger partial charge in [0.1, 0.15) is 5.76 Å². The summed E-state index contributed by atoms with van der Waals surface area (Å²) in [7, 11) is 1.34. The standard InChI is InChI=1S/C22H22N2O4S/c1-14-19(15(2)28-24-14)13-29-20-7-5-4-6-18(20)21(25)23-12-16-8-10-17(11-9-16)22(26)27-3/h4-11H,12-13H2,1-3H3,(H,23,25). The van der Waals surface area contributed by atoms with Crippen LogP contribution in [0.25, 0.3) is 0 Å². The van der Waals surface area contributed by atoms with Gasteiger partial charge in [0.2, 0.25) is 0 Å². The summed E-state index contributed by atoms with van der Waals surface area (Å²) in [5.74, 6) is 0.946. The quantitative estimate of drug-likeness (QED) is 0.462. The van der Waals surface area contributed by atoms with Gasteiger partial charge in [-0.15, -0.1) is 11.8 Å². The number of hydrogen-bond donors (Lipinski definition) is 1. The zero-order valence-corrected chi connectivity index (χ0v) is 17.3. The molecule has 0 aliphatic rings. The van der Waals surface area contributed by atoms with Crippen LogP contribution >= 0.6 is 11.8 Å². The van der Waals surface area contributed by atoms with Crippen molar-refractivity contribution in [1.82, 2.24) is 10.5 Å². The molecular formula is C22H22N2O4S. The predicted octanol–water partition coefficient (Wildman–Crippen LogP) is 4.30. The van der Waals surface area contributed by atoms with Crippen LogP contribution in [-0.4, -0.2) is 24.1 Å². The first kappa shape index (κ1) is 20.7. The van der Waals surface area contributed by atoms with Crippen LogP contribution in [0.5, 0.6) is 0 Å². The number of ether oxygens (including phenoxy) is 1. The fraction of sp³-hybridized carbons (Fsp3) is 0.227. The minimum absolute atomic E-state index is 0.149. The highest BCUT2D eigenvalue weighted by Gasteiger charge is 2.14. The first-order chi connectivity index (χ1) is 14.0. The molecule has 1 N–H and O–H groups in total. The molecule has 1 amide bonds. The number of thioether (sulfide) groups is 1. The van der Waals surface area contributed by atoms with Crippen LogP contribution in [0.2, 0.25) is 0 Å². The van der Waals surface area contributed by atoms with Gasteiger partial charge < -0.3 is 14.6 Å². The summed E-state index contributed by atoms with van der Waals surface area (Å²) in [6.07, 6.45) is 0. The lowest BCUT2D eigenvalue weighted by Gasteiger charge is -2.10. The van der Waals surface area contributed by atoms with E-state index in [9.17, 15) is 9.59 Å². The van der Waals surface area contributed by atoms with E-state index in [-0.39, 0.29) is 11.9 Å². The van der Waals surface area contributed by atoms with Crippen molar-refractivity contribution in [2.75, 3.05) is 7.11 Å². The molecule has 0 aliphatic carbocycles. The van der Waals surface area contributed by atoms with E-state index in [1.807, 2.05) is 38.1 Å². The average Bonchev–Trinajstić information content (AvgIpc) is 3.07. The summed E-state index contributed by atoms with van der Waals surface area (Å²) >= 11 is 1.58. The van der Waals surface area contributed by atoms with Crippen LogP contribution in [0, 0.1) is 13.8 Å². The maximum absolute atomic E-state index is 12.7. The Morgan fingerprint density at radius 2 is 1.83 bits per heavy atom. The molecule has 3 rings (SSSR count). The van der Waals surface area contributed by atoms with Gasteiger partial charge in [-0.05, 0) is 43.7 Å². The topological polar surface area (TPSA) is 81.4 Å². The van der Waals surface area contributed by atoms with Crippen LogP contribution in [0.4, 0.5) is 0 Å². The lowest BCUT2D eigenvalue weighted by molar-refractivity contribution is 0.0600. The number of carbonyl (C=O) groups is 2. The van der Waals surface area contributed by atoms with Gasteiger partial charge in [-0.2, -0.15) is 0 Å².